The fraction of sp³-hybridized carbons (Fsp3) is 0.429. The molecule has 108 valence electrons. The molecule has 2 N–H and O–H groups in total. The monoisotopic (exact) mass is 281 g/mol. The van der Waals surface area contributed by atoms with Gasteiger partial charge >= 0.3 is 5.97 Å². The van der Waals surface area contributed by atoms with Crippen molar-refractivity contribution in [3.05, 3.63) is 30.1 Å². The van der Waals surface area contributed by atoms with E-state index in [0.717, 1.165) is 0 Å². The van der Waals surface area contributed by atoms with Gasteiger partial charge in [-0.15, -0.1) is 0 Å². The molecule has 1 aliphatic rings. The molecule has 1 aromatic carbocycles. The minimum Gasteiger partial charge on any atom is -0.493 e. The molecule has 2 rings (SSSR count). The molecule has 0 unspecified atom stereocenters. The highest BCUT2D eigenvalue weighted by Gasteiger charge is 2.50. The summed E-state index contributed by atoms with van der Waals surface area (Å²) in [5.41, 5.74) is -0.756. The number of amides is 1. The summed E-state index contributed by atoms with van der Waals surface area (Å²) in [4.78, 5) is 22.5. The summed E-state index contributed by atoms with van der Waals surface area (Å²) in [5, 5.41) is 11.6. The molecule has 0 radical (unpaired) electrons. The maximum absolute atomic E-state index is 12.7. The van der Waals surface area contributed by atoms with Gasteiger partial charge in [-0.2, -0.15) is 0 Å². The molecule has 1 fully saturated rings. The Labute approximate surface area is 115 Å². The van der Waals surface area contributed by atoms with Crippen LogP contribution in [0.1, 0.15) is 19.3 Å². The second kappa shape index (κ2) is 5.90. The van der Waals surface area contributed by atoms with Gasteiger partial charge in [0.1, 0.15) is 11.6 Å². The van der Waals surface area contributed by atoms with Gasteiger partial charge in [0.25, 0.3) is 0 Å². The Morgan fingerprint density at radius 2 is 1.95 bits per heavy atom. The SMILES string of the molecule is O=C(CCOc1ccc(F)cc1)NCC1(C(=O)O)CC1. The Balaban J connectivity index is 1.65. The first-order chi connectivity index (χ1) is 9.52. The van der Waals surface area contributed by atoms with Crippen molar-refractivity contribution in [2.24, 2.45) is 5.41 Å². The van der Waals surface area contributed by atoms with Crippen LogP contribution >= 0.6 is 0 Å². The Hall–Kier alpha value is -2.11. The van der Waals surface area contributed by atoms with Crippen molar-refractivity contribution in [3.8, 4) is 5.75 Å². The molecular weight excluding hydrogens is 265 g/mol. The molecule has 0 spiro atoms. The van der Waals surface area contributed by atoms with Crippen molar-refractivity contribution < 1.29 is 23.8 Å². The highest BCUT2D eigenvalue weighted by Crippen LogP contribution is 2.45. The van der Waals surface area contributed by atoms with Gasteiger partial charge in [-0.1, -0.05) is 0 Å². The van der Waals surface area contributed by atoms with Gasteiger partial charge in [-0.3, -0.25) is 9.59 Å². The minimum atomic E-state index is -0.861. The molecule has 0 bridgehead atoms. The Bertz CT molecular complexity index is 496. The summed E-state index contributed by atoms with van der Waals surface area (Å²) >= 11 is 0. The average molecular weight is 281 g/mol. The maximum Gasteiger partial charge on any atom is 0.311 e. The van der Waals surface area contributed by atoms with E-state index in [1.165, 1.54) is 24.3 Å². The predicted octanol–water partition coefficient (Wildman–Crippen LogP) is 1.58. The number of rotatable bonds is 7. The van der Waals surface area contributed by atoms with Crippen LogP contribution < -0.4 is 10.1 Å². The number of aliphatic carboxylic acids is 1. The van der Waals surface area contributed by atoms with Gasteiger partial charge in [0.05, 0.1) is 18.4 Å². The number of hydrogen-bond donors (Lipinski definition) is 2. The molecule has 20 heavy (non-hydrogen) atoms. The molecule has 5 nitrogen and oxygen atoms in total. The van der Waals surface area contributed by atoms with Crippen LogP contribution in [0.4, 0.5) is 4.39 Å². The highest BCUT2D eigenvalue weighted by atomic mass is 19.1. The van der Waals surface area contributed by atoms with E-state index in [1.807, 2.05) is 0 Å². The molecule has 1 amide bonds. The number of carbonyl (C=O) groups is 2. The van der Waals surface area contributed by atoms with E-state index >= 15 is 0 Å². The molecule has 0 saturated heterocycles. The number of hydrogen-bond acceptors (Lipinski definition) is 3. The molecular formula is C14H16FNO4. The number of nitrogens with one attached hydrogen (secondary N) is 1. The van der Waals surface area contributed by atoms with Crippen LogP contribution in [0.15, 0.2) is 24.3 Å². The zero-order valence-electron chi connectivity index (χ0n) is 10.9. The van der Waals surface area contributed by atoms with Gasteiger partial charge < -0.3 is 15.2 Å². The fourth-order valence-electron chi connectivity index (χ4n) is 1.77. The van der Waals surface area contributed by atoms with Crippen molar-refractivity contribution in [1.29, 1.82) is 0 Å². The summed E-state index contributed by atoms with van der Waals surface area (Å²) in [6.45, 7) is 0.329. The standard InChI is InChI=1S/C14H16FNO4/c15-10-1-3-11(4-2-10)20-8-5-12(17)16-9-14(6-7-14)13(18)19/h1-4H,5-9H2,(H,16,17)(H,18,19). The van der Waals surface area contributed by atoms with Crippen LogP contribution in [-0.4, -0.2) is 30.1 Å². The van der Waals surface area contributed by atoms with E-state index in [0.29, 0.717) is 18.6 Å². The second-order valence-corrected chi connectivity index (χ2v) is 4.91. The lowest BCUT2D eigenvalue weighted by Crippen LogP contribution is -2.34. The second-order valence-electron chi connectivity index (χ2n) is 4.91. The third-order valence-corrected chi connectivity index (χ3v) is 3.34. The summed E-state index contributed by atoms with van der Waals surface area (Å²) in [6.07, 6.45) is 1.34. The quantitative estimate of drug-likeness (QED) is 0.795. The van der Waals surface area contributed by atoms with Crippen molar-refractivity contribution in [1.82, 2.24) is 5.32 Å². The Morgan fingerprint density at radius 1 is 1.30 bits per heavy atom. The van der Waals surface area contributed by atoms with Crippen LogP contribution in [0, 0.1) is 11.2 Å². The van der Waals surface area contributed by atoms with Gasteiger partial charge in [0.2, 0.25) is 5.91 Å². The topological polar surface area (TPSA) is 75.6 Å². The minimum absolute atomic E-state index is 0.132. The fourth-order valence-corrected chi connectivity index (χ4v) is 1.77. The largest absolute Gasteiger partial charge is 0.493 e. The number of carbonyl (C=O) groups excluding carboxylic acids is 1. The van der Waals surface area contributed by atoms with E-state index in [9.17, 15) is 14.0 Å². The molecule has 0 aromatic heterocycles. The van der Waals surface area contributed by atoms with Crippen LogP contribution in [0.25, 0.3) is 0 Å². The van der Waals surface area contributed by atoms with E-state index < -0.39 is 11.4 Å². The number of halogens is 1. The van der Waals surface area contributed by atoms with Gasteiger partial charge in [-0.25, -0.2) is 4.39 Å². The van der Waals surface area contributed by atoms with E-state index in [4.69, 9.17) is 9.84 Å². The molecule has 1 aromatic rings. The maximum atomic E-state index is 12.7. The summed E-state index contributed by atoms with van der Waals surface area (Å²) in [5.74, 6) is -0.970. The summed E-state index contributed by atoms with van der Waals surface area (Å²) in [7, 11) is 0. The van der Waals surface area contributed by atoms with Gasteiger partial charge in [0.15, 0.2) is 0 Å². The number of ether oxygens (including phenoxy) is 1. The zero-order chi connectivity index (χ0) is 14.6. The highest BCUT2D eigenvalue weighted by molar-refractivity contribution is 5.80. The normalized spacial score (nSPS) is 15.4. The van der Waals surface area contributed by atoms with Crippen LogP contribution in [0.5, 0.6) is 5.75 Å². The van der Waals surface area contributed by atoms with Crippen LogP contribution in [-0.2, 0) is 9.59 Å². The Morgan fingerprint density at radius 3 is 2.50 bits per heavy atom. The molecule has 0 atom stereocenters. The Kier molecular flexibility index (Phi) is 4.22. The number of benzene rings is 1. The third kappa shape index (κ3) is 3.69. The van der Waals surface area contributed by atoms with E-state index in [1.54, 1.807) is 0 Å². The first kappa shape index (κ1) is 14.3. The zero-order valence-corrected chi connectivity index (χ0v) is 10.9. The molecule has 0 aliphatic heterocycles. The predicted molar refractivity (Wildman–Crippen MR) is 68.8 cm³/mol. The number of carboxylic acid groups (broad SMARTS) is 1. The summed E-state index contributed by atoms with van der Waals surface area (Å²) < 4.78 is 17.9. The number of carboxylic acids is 1. The van der Waals surface area contributed by atoms with Crippen molar-refractivity contribution in [2.75, 3.05) is 13.2 Å². The van der Waals surface area contributed by atoms with Crippen molar-refractivity contribution >= 4 is 11.9 Å². The van der Waals surface area contributed by atoms with Crippen molar-refractivity contribution in [3.63, 3.8) is 0 Å². The summed E-state index contributed by atoms with van der Waals surface area (Å²) in [6, 6.07) is 5.52. The molecule has 1 aliphatic carbocycles. The molecule has 6 heteroatoms. The van der Waals surface area contributed by atoms with Crippen molar-refractivity contribution in [2.45, 2.75) is 19.3 Å². The van der Waals surface area contributed by atoms with E-state index in [2.05, 4.69) is 5.32 Å². The average Bonchev–Trinajstić information content (AvgIpc) is 3.20. The first-order valence-electron chi connectivity index (χ1n) is 6.40. The third-order valence-electron chi connectivity index (χ3n) is 3.34. The molecule has 1 saturated carbocycles. The van der Waals surface area contributed by atoms with E-state index in [-0.39, 0.29) is 31.3 Å². The van der Waals surface area contributed by atoms with Gasteiger partial charge in [-0.05, 0) is 37.1 Å². The smallest absolute Gasteiger partial charge is 0.311 e. The molecule has 0 heterocycles. The van der Waals surface area contributed by atoms with Gasteiger partial charge in [0, 0.05) is 6.54 Å². The lowest BCUT2D eigenvalue weighted by atomic mass is 10.1. The van der Waals surface area contributed by atoms with Crippen LogP contribution in [0.3, 0.4) is 0 Å². The van der Waals surface area contributed by atoms with Crippen LogP contribution in [0.2, 0.25) is 0 Å². The lowest BCUT2D eigenvalue weighted by Gasteiger charge is -2.11. The lowest BCUT2D eigenvalue weighted by molar-refractivity contribution is -0.143. The first-order valence-corrected chi connectivity index (χ1v) is 6.40.